The van der Waals surface area contributed by atoms with Gasteiger partial charge in [0.2, 0.25) is 0 Å². The summed E-state index contributed by atoms with van der Waals surface area (Å²) < 4.78 is 118. The third kappa shape index (κ3) is 12.6. The molecule has 0 spiro atoms. The first-order chi connectivity index (χ1) is 7.27. The van der Waals surface area contributed by atoms with Crippen LogP contribution >= 0.6 is 0 Å². The molecular weight excluding hydrogens is 281 g/mol. The molecule has 0 heterocycles. The van der Waals surface area contributed by atoms with Crippen molar-refractivity contribution >= 4 is 0 Å². The average Bonchev–Trinajstić information content (AvgIpc) is 1.96. The van der Waals surface area contributed by atoms with E-state index in [-0.39, 0.29) is 0 Å². The van der Waals surface area contributed by atoms with Crippen LogP contribution in [0.3, 0.4) is 0 Å². The van der Waals surface area contributed by atoms with Crippen LogP contribution in [0.5, 0.6) is 0 Å². The molecule has 0 aromatic carbocycles. The Bertz CT molecular complexity index is 282. The van der Waals surface area contributed by atoms with Gasteiger partial charge in [-0.05, 0) is 0 Å². The van der Waals surface area contributed by atoms with Crippen LogP contribution in [0.2, 0.25) is 0 Å². The molecule has 0 rings (SSSR count). The van der Waals surface area contributed by atoms with Crippen molar-refractivity contribution in [2.24, 2.45) is 0 Å². The predicted molar refractivity (Wildman–Crippen MR) is 32.8 cm³/mol. The second-order valence-corrected chi connectivity index (χ2v) is 2.05. The lowest BCUT2D eigenvalue weighted by Gasteiger charge is -1.98. The lowest BCUT2D eigenvalue weighted by molar-refractivity contribution is -0.113. The van der Waals surface area contributed by atoms with E-state index in [2.05, 4.69) is 0 Å². The van der Waals surface area contributed by atoms with E-state index >= 15 is 0 Å². The Hall–Kier alpha value is -1.29. The van der Waals surface area contributed by atoms with Gasteiger partial charge in [0.05, 0.1) is 6.08 Å². The van der Waals surface area contributed by atoms with Gasteiger partial charge in [0.25, 0.3) is 11.9 Å². The highest BCUT2D eigenvalue weighted by molar-refractivity contribution is 4.98. The maximum atomic E-state index is 11.0. The molecule has 0 radical (unpaired) electrons. The van der Waals surface area contributed by atoms with Crippen molar-refractivity contribution in [3.63, 3.8) is 0 Å². The number of alkyl halides is 6. The Balaban J connectivity index is 0. The molecule has 0 aliphatic rings. The fourth-order valence-corrected chi connectivity index (χ4v) is 0.231. The lowest BCUT2D eigenvalue weighted by Crippen LogP contribution is -2.08. The third-order valence-electron chi connectivity index (χ3n) is 0.688. The van der Waals surface area contributed by atoms with Gasteiger partial charge in [-0.15, -0.1) is 0 Å². The van der Waals surface area contributed by atoms with Crippen molar-refractivity contribution in [2.45, 2.75) is 12.4 Å². The third-order valence-corrected chi connectivity index (χ3v) is 0.688. The number of halogens is 11. The summed E-state index contributed by atoms with van der Waals surface area (Å²) in [6, 6.07) is 0. The smallest absolute Gasteiger partial charge is 0.196 e. The first-order valence-corrected chi connectivity index (χ1v) is 3.16. The summed E-state index contributed by atoms with van der Waals surface area (Å²) in [6.45, 7) is 0. The van der Waals surface area contributed by atoms with E-state index in [1.807, 2.05) is 0 Å². The van der Waals surface area contributed by atoms with Crippen LogP contribution in [0, 0.1) is 0 Å². The number of allylic oxidation sites excluding steroid dienone is 2. The molecule has 11 heteroatoms. The summed E-state index contributed by atoms with van der Waals surface area (Å²) in [5.41, 5.74) is 0. The molecule has 0 nitrogen and oxygen atoms in total. The van der Waals surface area contributed by atoms with E-state index in [1.54, 1.807) is 0 Å². The van der Waals surface area contributed by atoms with Crippen LogP contribution < -0.4 is 0 Å². The molecule has 0 N–H and O–H groups in total. The molecule has 0 saturated carbocycles. The summed E-state index contributed by atoms with van der Waals surface area (Å²) in [7, 11) is 0. The molecule has 0 aliphatic carbocycles. The second kappa shape index (κ2) is 6.45. The van der Waals surface area contributed by atoms with E-state index in [0.29, 0.717) is 0 Å². The van der Waals surface area contributed by atoms with Crippen molar-refractivity contribution < 1.29 is 48.3 Å². The molecule has 0 unspecified atom stereocenters. The Labute approximate surface area is 86.0 Å². The maximum Gasteiger partial charge on any atom is 0.448 e. The topological polar surface area (TPSA) is 0 Å². The molecule has 0 aromatic rings. The molecule has 0 amide bonds. The van der Waals surface area contributed by atoms with Crippen molar-refractivity contribution in [3.05, 3.63) is 24.1 Å². The van der Waals surface area contributed by atoms with Crippen LogP contribution in [-0.4, -0.2) is 12.4 Å². The average molecular weight is 282 g/mol. The first-order valence-electron chi connectivity index (χ1n) is 3.16. The van der Waals surface area contributed by atoms with Crippen LogP contribution in [0.4, 0.5) is 48.3 Å². The molecule has 0 fully saturated rings. The van der Waals surface area contributed by atoms with Crippen molar-refractivity contribution in [2.75, 3.05) is 0 Å². The van der Waals surface area contributed by atoms with Gasteiger partial charge >= 0.3 is 18.4 Å². The summed E-state index contributed by atoms with van der Waals surface area (Å²) in [5, 5.41) is 0. The van der Waals surface area contributed by atoms with Gasteiger partial charge in [0, 0.05) is 0 Å². The molecular formula is C6HF11. The quantitative estimate of drug-likeness (QED) is 0.551. The van der Waals surface area contributed by atoms with Crippen LogP contribution in [-0.2, 0) is 0 Å². The van der Waals surface area contributed by atoms with E-state index in [4.69, 9.17) is 0 Å². The fourth-order valence-electron chi connectivity index (χ4n) is 0.231. The SMILES string of the molecule is FC(F)=C(F)C(F)(F)F.FC(F)=CC(F)(F)F. The zero-order valence-corrected chi connectivity index (χ0v) is 7.23. The zero-order valence-electron chi connectivity index (χ0n) is 7.23. The standard InChI is InChI=1S/C3F6.C3HF5/c4-1(2(5)6)3(7,8)9;4-2(5)1-3(6,7)8/h;1H. The maximum absolute atomic E-state index is 11.0. The molecule has 0 bridgehead atoms. The summed E-state index contributed by atoms with van der Waals surface area (Å²) in [5.74, 6) is -3.33. The molecule has 0 aliphatic heterocycles. The van der Waals surface area contributed by atoms with E-state index in [0.717, 1.165) is 0 Å². The van der Waals surface area contributed by atoms with Gasteiger partial charge in [-0.2, -0.15) is 48.3 Å². The van der Waals surface area contributed by atoms with Gasteiger partial charge in [-0.25, -0.2) is 0 Å². The molecule has 0 atom stereocenters. The molecule has 0 aromatic heterocycles. The Morgan fingerprint density at radius 1 is 0.706 bits per heavy atom. The van der Waals surface area contributed by atoms with Crippen LogP contribution in [0.25, 0.3) is 0 Å². The van der Waals surface area contributed by atoms with Crippen molar-refractivity contribution in [1.82, 2.24) is 0 Å². The highest BCUT2D eigenvalue weighted by Crippen LogP contribution is 2.29. The van der Waals surface area contributed by atoms with Crippen molar-refractivity contribution in [1.29, 1.82) is 0 Å². The monoisotopic (exact) mass is 282 g/mol. The first kappa shape index (κ1) is 18.1. The number of hydrogen-bond donors (Lipinski definition) is 0. The van der Waals surface area contributed by atoms with Gasteiger partial charge in [-0.3, -0.25) is 0 Å². The van der Waals surface area contributed by atoms with Crippen LogP contribution in [0.1, 0.15) is 0 Å². The molecule has 102 valence electrons. The highest BCUT2D eigenvalue weighted by Gasteiger charge is 2.38. The summed E-state index contributed by atoms with van der Waals surface area (Å²) >= 11 is 0. The minimum atomic E-state index is -5.56. The zero-order chi connectivity index (χ0) is 14.4. The largest absolute Gasteiger partial charge is 0.448 e. The highest BCUT2D eigenvalue weighted by atomic mass is 19.4. The predicted octanol–water partition coefficient (Wildman–Crippen LogP) is 4.96. The molecule has 0 saturated heterocycles. The van der Waals surface area contributed by atoms with Crippen LogP contribution in [0.15, 0.2) is 24.1 Å². The Morgan fingerprint density at radius 2 is 1.06 bits per heavy atom. The molecule has 17 heavy (non-hydrogen) atoms. The van der Waals surface area contributed by atoms with E-state index < -0.39 is 36.4 Å². The minimum Gasteiger partial charge on any atom is -0.196 e. The number of hydrogen-bond acceptors (Lipinski definition) is 0. The van der Waals surface area contributed by atoms with E-state index in [9.17, 15) is 48.3 Å². The van der Waals surface area contributed by atoms with Crippen molar-refractivity contribution in [3.8, 4) is 0 Å². The normalized spacial score (nSPS) is 11.2. The fraction of sp³-hybridized carbons (Fsp3) is 0.333. The lowest BCUT2D eigenvalue weighted by atomic mass is 10.6. The second-order valence-electron chi connectivity index (χ2n) is 2.05. The summed E-state index contributed by atoms with van der Waals surface area (Å²) in [6.07, 6.45) is -17.6. The van der Waals surface area contributed by atoms with Gasteiger partial charge in [0.15, 0.2) is 0 Å². The Morgan fingerprint density at radius 3 is 1.06 bits per heavy atom. The summed E-state index contributed by atoms with van der Waals surface area (Å²) in [4.78, 5) is 0. The van der Waals surface area contributed by atoms with Gasteiger partial charge < -0.3 is 0 Å². The van der Waals surface area contributed by atoms with Gasteiger partial charge in [0.1, 0.15) is 0 Å². The number of rotatable bonds is 0. The minimum absolute atomic E-state index is 1.06. The Kier molecular flexibility index (Phi) is 6.86. The van der Waals surface area contributed by atoms with Gasteiger partial charge in [-0.1, -0.05) is 0 Å². The van der Waals surface area contributed by atoms with E-state index in [1.165, 1.54) is 0 Å².